The molecule has 35 heavy (non-hydrogen) atoms. The summed E-state index contributed by atoms with van der Waals surface area (Å²) >= 11 is 0. The van der Waals surface area contributed by atoms with Crippen LogP contribution >= 0.6 is 0 Å². The number of rotatable bonds is 0. The fraction of sp³-hybridized carbons (Fsp3) is 0. The largest absolute Gasteiger partial charge is 0.693 e. The predicted molar refractivity (Wildman–Crippen MR) is 145 cm³/mol. The summed E-state index contributed by atoms with van der Waals surface area (Å²) in [6, 6.07) is 28.9. The van der Waals surface area contributed by atoms with E-state index in [0.717, 1.165) is 44.8 Å². The van der Waals surface area contributed by atoms with Gasteiger partial charge in [-0.1, -0.05) is 0 Å². The molecule has 2 aliphatic heterocycles. The predicted octanol–water partition coefficient (Wildman–Crippen LogP) is 9.01. The molecule has 9 heteroatoms. The van der Waals surface area contributed by atoms with Crippen molar-refractivity contribution in [2.75, 3.05) is 0 Å². The zero-order valence-corrected chi connectivity index (χ0v) is 19.8. The maximum atomic E-state index is 4.62. The van der Waals surface area contributed by atoms with E-state index >= 15 is 0 Å². The number of hydrogen-bond acceptors (Lipinski definition) is 2. The van der Waals surface area contributed by atoms with E-state index in [9.17, 15) is 0 Å². The molecule has 0 saturated carbocycles. The third kappa shape index (κ3) is 8.16. The topological polar surface area (TPSA) is 191 Å². The third-order valence-corrected chi connectivity index (χ3v) is 4.65. The maximum Gasteiger partial charge on any atom is 0.0659 e. The van der Waals surface area contributed by atoms with Gasteiger partial charge in [-0.25, -0.2) is 9.97 Å². The average molecular weight is 515 g/mol. The van der Waals surface area contributed by atoms with E-state index < -0.39 is 0 Å². The van der Waals surface area contributed by atoms with Crippen molar-refractivity contribution in [2.45, 2.75) is 0 Å². The summed E-state index contributed by atoms with van der Waals surface area (Å²) in [4.78, 5) is 16.0. The molecule has 0 fully saturated rings. The Kier molecular flexibility index (Phi) is 12.9. The molecule has 6 rings (SSSR count). The summed E-state index contributed by atoms with van der Waals surface area (Å²) in [5, 5.41) is 0. The Morgan fingerprint density at radius 2 is 0.857 bits per heavy atom. The van der Waals surface area contributed by atoms with Gasteiger partial charge in [0.1, 0.15) is 0 Å². The van der Waals surface area contributed by atoms with E-state index in [1.165, 1.54) is 0 Å². The van der Waals surface area contributed by atoms with Crippen molar-refractivity contribution in [2.24, 2.45) is 0 Å². The summed E-state index contributed by atoms with van der Waals surface area (Å²) in [5.74, 6) is 0. The minimum Gasteiger partial charge on any atom is -0.693 e. The van der Waals surface area contributed by atoms with Gasteiger partial charge in [-0.2, -0.15) is 36.4 Å². The van der Waals surface area contributed by atoms with Crippen LogP contribution < -0.4 is 0 Å². The molecule has 0 unspecified atom stereocenters. The van der Waals surface area contributed by atoms with Gasteiger partial charge in [0.2, 0.25) is 0 Å². The Morgan fingerprint density at radius 3 is 1.20 bits per heavy atom. The fourth-order valence-electron chi connectivity index (χ4n) is 3.29. The van der Waals surface area contributed by atoms with Gasteiger partial charge in [-0.05, 0) is 72.8 Å². The smallest absolute Gasteiger partial charge is 0.0659 e. The van der Waals surface area contributed by atoms with E-state index in [-0.39, 0.29) is 41.7 Å². The van der Waals surface area contributed by atoms with Crippen LogP contribution in [0.2, 0.25) is 0 Å². The van der Waals surface area contributed by atoms with Crippen molar-refractivity contribution in [3.05, 3.63) is 132 Å². The van der Waals surface area contributed by atoms with E-state index in [2.05, 4.69) is 56.3 Å². The number of aromatic nitrogens is 4. The number of H-pyrrole nitrogens is 2. The normalized spacial score (nSPS) is 10.1. The van der Waals surface area contributed by atoms with Crippen LogP contribution in [-0.4, -0.2) is 19.9 Å². The van der Waals surface area contributed by atoms with E-state index in [1.54, 1.807) is 0 Å². The number of nitrogens with zero attached hydrogens (tertiary/aromatic N) is 2. The SMILES string of the molecule is C1=Cc2cc3ccc(cc4ccc(cc5nc(cc1n2)C=C5)[nH]4)[nH]3.[Cu].[NH2-].[NH2-].[NH2-].[NH2-].[c-]1ccccc1. The van der Waals surface area contributed by atoms with Crippen LogP contribution in [0.5, 0.6) is 0 Å². The van der Waals surface area contributed by atoms with Crippen molar-refractivity contribution in [3.63, 3.8) is 0 Å². The van der Waals surface area contributed by atoms with Gasteiger partial charge < -0.3 is 34.6 Å². The molecule has 8 nitrogen and oxygen atoms in total. The Bertz CT molecular complexity index is 1290. The Labute approximate surface area is 215 Å². The monoisotopic (exact) mass is 514 g/mol. The quantitative estimate of drug-likeness (QED) is 0.151. The minimum atomic E-state index is 0. The number of benzene rings is 1. The standard InChI is InChI=1S/C20H14N4.C6H5.Cu.4H2N/c1-2-14-10-16-5-6-18(23-16)12-20-8-7-19(24-20)11-17-4-3-15(22-17)9-13(1)21-14;1-2-4-6-5-3-1;;;;;/h1-12,21-22H;1-5H;;4*1H2/q;-1;;4*-1. The van der Waals surface area contributed by atoms with E-state index in [4.69, 9.17) is 0 Å². The molecule has 0 amide bonds. The summed E-state index contributed by atoms with van der Waals surface area (Å²) < 4.78 is 0. The first-order valence-corrected chi connectivity index (χ1v) is 9.76. The zero-order chi connectivity index (χ0) is 20.2. The van der Waals surface area contributed by atoms with E-state index in [1.807, 2.05) is 72.8 Å². The third-order valence-electron chi connectivity index (χ3n) is 4.65. The molecule has 1 aromatic carbocycles. The minimum absolute atomic E-state index is 0. The Hall–Kier alpha value is -3.82. The zero-order valence-electron chi connectivity index (χ0n) is 18.8. The molecule has 0 aliphatic carbocycles. The molecule has 3 aromatic heterocycles. The summed E-state index contributed by atoms with van der Waals surface area (Å²) in [6.45, 7) is 0. The Balaban J connectivity index is 0.000000936. The molecule has 8 bridgehead atoms. The second-order valence-corrected chi connectivity index (χ2v) is 6.98. The van der Waals surface area contributed by atoms with Gasteiger partial charge in [0.15, 0.2) is 0 Å². The first kappa shape index (κ1) is 31.2. The molecule has 0 spiro atoms. The number of fused-ring (bicyclic) bond motifs is 8. The van der Waals surface area contributed by atoms with Crippen LogP contribution in [0.3, 0.4) is 0 Å². The maximum absolute atomic E-state index is 4.62. The van der Waals surface area contributed by atoms with Crippen molar-refractivity contribution < 1.29 is 17.1 Å². The molecule has 2 aliphatic rings. The molecule has 0 atom stereocenters. The van der Waals surface area contributed by atoms with Gasteiger partial charge in [0.25, 0.3) is 0 Å². The second kappa shape index (κ2) is 14.4. The van der Waals surface area contributed by atoms with Gasteiger partial charge in [0.05, 0.1) is 22.8 Å². The van der Waals surface area contributed by atoms with Crippen molar-refractivity contribution in [1.82, 2.24) is 19.9 Å². The second-order valence-electron chi connectivity index (χ2n) is 6.98. The first-order chi connectivity index (χ1) is 14.8. The van der Waals surface area contributed by atoms with Crippen LogP contribution in [0.25, 0.3) is 71.0 Å². The molecular weight excluding hydrogens is 488 g/mol. The molecule has 1 radical (unpaired) electrons. The van der Waals surface area contributed by atoms with Crippen LogP contribution in [0.4, 0.5) is 0 Å². The Morgan fingerprint density at radius 1 is 0.486 bits per heavy atom. The number of nitrogens with one attached hydrogen (secondary N) is 2. The van der Waals surface area contributed by atoms with Crippen LogP contribution in [0, 0.1) is 6.07 Å². The summed E-state index contributed by atoms with van der Waals surface area (Å²) in [7, 11) is 0. The fourth-order valence-corrected chi connectivity index (χ4v) is 3.29. The molecule has 0 saturated heterocycles. The van der Waals surface area contributed by atoms with Crippen LogP contribution in [0.1, 0.15) is 22.8 Å². The van der Waals surface area contributed by atoms with E-state index in [0.29, 0.717) is 0 Å². The summed E-state index contributed by atoms with van der Waals surface area (Å²) in [5.41, 5.74) is 7.86. The van der Waals surface area contributed by atoms with Gasteiger partial charge in [-0.15, -0.1) is 0 Å². The van der Waals surface area contributed by atoms with Gasteiger partial charge >= 0.3 is 0 Å². The molecular formula is C26H27CuN8-5. The first-order valence-electron chi connectivity index (χ1n) is 9.76. The van der Waals surface area contributed by atoms with Crippen molar-refractivity contribution in [1.29, 1.82) is 0 Å². The number of hydrogen-bond donors (Lipinski definition) is 2. The summed E-state index contributed by atoms with van der Waals surface area (Å²) in [6.07, 6.45) is 8.05. The van der Waals surface area contributed by atoms with Crippen molar-refractivity contribution >= 4 is 46.4 Å². The molecule has 10 N–H and O–H groups in total. The van der Waals surface area contributed by atoms with Gasteiger partial charge in [0, 0.05) is 39.1 Å². The van der Waals surface area contributed by atoms with Crippen LogP contribution in [-0.2, 0) is 17.1 Å². The average Bonchev–Trinajstić information content (AvgIpc) is 3.56. The molecule has 187 valence electrons. The molecule has 4 aromatic rings. The molecule has 5 heterocycles. The van der Waals surface area contributed by atoms with Crippen molar-refractivity contribution in [3.8, 4) is 0 Å². The van der Waals surface area contributed by atoms with Crippen LogP contribution in [0.15, 0.2) is 78.9 Å². The number of aromatic amines is 2. The van der Waals surface area contributed by atoms with Gasteiger partial charge in [-0.3, -0.25) is 0 Å². The number of nitrogens with two attached hydrogens (primary N) is 4.